The van der Waals surface area contributed by atoms with Gasteiger partial charge in [0, 0.05) is 68.0 Å². The van der Waals surface area contributed by atoms with E-state index in [4.69, 9.17) is 12.2 Å². The van der Waals surface area contributed by atoms with Gasteiger partial charge in [-0.3, -0.25) is 57.1 Å². The molecule has 330 valence electrons. The fraction of sp³-hybridized carbons (Fsp3) is 0.421. The Morgan fingerprint density at radius 3 is 1.90 bits per heavy atom. The van der Waals surface area contributed by atoms with Gasteiger partial charge in [-0.1, -0.05) is 12.1 Å². The molecule has 1 unspecified atom stereocenters. The number of thiocarbonyl (C=S) groups is 1. The number of allylic oxidation sites excluding steroid dienone is 2. The fourth-order valence-corrected chi connectivity index (χ4v) is 6.73. The van der Waals surface area contributed by atoms with Gasteiger partial charge in [-0.25, -0.2) is 0 Å². The largest absolute Gasteiger partial charge is 0.677 e. The van der Waals surface area contributed by atoms with E-state index in [0.29, 0.717) is 22.6 Å². The van der Waals surface area contributed by atoms with Gasteiger partial charge in [0.05, 0.1) is 38.4 Å². The summed E-state index contributed by atoms with van der Waals surface area (Å²) in [6, 6.07) is 8.92. The molecule has 8 N–H and O–H groups in total. The molecular formula is C38H49BF2N8O11S. The molecule has 1 aromatic carbocycles. The molecule has 1 amide bonds. The molecule has 2 aromatic rings. The molecule has 23 heteroatoms. The van der Waals surface area contributed by atoms with E-state index >= 15 is 0 Å². The third-order valence-electron chi connectivity index (χ3n) is 9.14. The molecule has 1 aromatic heterocycles. The summed E-state index contributed by atoms with van der Waals surface area (Å²) >= 11 is 5.36. The first-order valence-corrected chi connectivity index (χ1v) is 19.3. The number of aryl methyl sites for hydroxylation is 1. The van der Waals surface area contributed by atoms with E-state index in [1.165, 1.54) is 4.90 Å². The van der Waals surface area contributed by atoms with Crippen molar-refractivity contribution < 1.29 is 62.9 Å². The van der Waals surface area contributed by atoms with Crippen molar-refractivity contribution in [3.63, 3.8) is 0 Å². The third-order valence-corrected chi connectivity index (χ3v) is 9.38. The molecule has 0 saturated carbocycles. The number of benzene rings is 1. The van der Waals surface area contributed by atoms with Crippen LogP contribution in [0.1, 0.15) is 37.2 Å². The van der Waals surface area contributed by atoms with Gasteiger partial charge in [0.25, 0.3) is 0 Å². The van der Waals surface area contributed by atoms with Crippen LogP contribution in [-0.4, -0.2) is 170 Å². The Morgan fingerprint density at radius 2 is 1.36 bits per heavy atom. The number of carbonyl (C=O) groups excluding carboxylic acids is 1. The first-order valence-electron chi connectivity index (χ1n) is 18.9. The predicted molar refractivity (Wildman–Crippen MR) is 225 cm³/mol. The van der Waals surface area contributed by atoms with Gasteiger partial charge in [-0.2, -0.15) is 0 Å². The smallest absolute Gasteiger partial charge is 0.480 e. The standard InChI is InChI=1S/C38H49BF2N8O11S/c1-24-15-25(2)44-31(24)17-29-8-7-28(49(29)39(40)41)9-10-32(50)42-11-12-43-38(61)45-27-5-3-26(4-6-27)16-30(48(22-36(57)58)23-37(59)60)18-46(19-33(51)52)13-14-47(20-34(53)54)21-35(55)56/h3-8,15,17,30H,9-14,16,18-23H2,1-2H3,(H,42,50)(H,51,52)(H,53,54)(H,55,56)(H,57,58)(H,59,60)(H2,43,45,61)/b31-17-. The Morgan fingerprint density at radius 1 is 0.803 bits per heavy atom. The van der Waals surface area contributed by atoms with Gasteiger partial charge in [0.1, 0.15) is 0 Å². The van der Waals surface area contributed by atoms with Crippen LogP contribution in [0.3, 0.4) is 0 Å². The summed E-state index contributed by atoms with van der Waals surface area (Å²) in [6.45, 7) is 0.395. The minimum Gasteiger partial charge on any atom is -0.480 e. The van der Waals surface area contributed by atoms with Gasteiger partial charge in [0.15, 0.2) is 5.11 Å². The molecule has 61 heavy (non-hydrogen) atoms. The summed E-state index contributed by atoms with van der Waals surface area (Å²) in [5, 5.41) is 55.9. The van der Waals surface area contributed by atoms with Crippen molar-refractivity contribution in [3.05, 3.63) is 70.7 Å². The first kappa shape index (κ1) is 49.3. The number of nitrogens with one attached hydrogen (secondary N) is 3. The number of carboxylic acid groups (broad SMARTS) is 5. The van der Waals surface area contributed by atoms with Gasteiger partial charge in [-0.05, 0) is 86.5 Å². The number of nitrogens with zero attached hydrogens (tertiary/aromatic N) is 5. The maximum atomic E-state index is 14.0. The molecule has 0 bridgehead atoms. The lowest BCUT2D eigenvalue weighted by atomic mass is 10.0. The number of anilines is 1. The molecular weight excluding hydrogens is 825 g/mol. The molecule has 1 aliphatic rings. The first-order chi connectivity index (χ1) is 28.8. The second-order valence-electron chi connectivity index (χ2n) is 14.1. The Kier molecular flexibility index (Phi) is 19.6. The maximum absolute atomic E-state index is 14.0. The highest BCUT2D eigenvalue weighted by Crippen LogP contribution is 2.24. The zero-order valence-electron chi connectivity index (χ0n) is 33.6. The third kappa shape index (κ3) is 18.0. The lowest BCUT2D eigenvalue weighted by molar-refractivity contribution is -0.144. The topological polar surface area (TPSA) is 267 Å². The SMILES string of the molecule is CC1=CC(C)=N/C1=C\c1ccc(CCC(=O)NCCNC(=S)Nc2ccc(CC(CN(CCN(CC(=O)O)CC(=O)O)CC(=O)O)N(CC(=O)O)CC(=O)O)cc2)n1B(F)F. The van der Waals surface area contributed by atoms with Crippen molar-refractivity contribution in [2.45, 2.75) is 39.2 Å². The predicted octanol–water partition coefficient (Wildman–Crippen LogP) is 1.30. The van der Waals surface area contributed by atoms with Crippen molar-refractivity contribution in [2.75, 3.05) is 70.8 Å². The van der Waals surface area contributed by atoms with Crippen LogP contribution in [0.4, 0.5) is 14.3 Å². The van der Waals surface area contributed by atoms with E-state index in [1.54, 1.807) is 42.5 Å². The second kappa shape index (κ2) is 24.3. The normalized spacial score (nSPS) is 13.5. The molecule has 3 rings (SSSR count). The van der Waals surface area contributed by atoms with E-state index in [-0.39, 0.29) is 68.7 Å². The molecule has 0 fully saturated rings. The molecule has 0 spiro atoms. The summed E-state index contributed by atoms with van der Waals surface area (Å²) in [5.74, 6) is -6.87. The number of halogens is 2. The number of carboxylic acids is 5. The van der Waals surface area contributed by atoms with Gasteiger partial charge in [0.2, 0.25) is 5.91 Å². The number of aromatic nitrogens is 1. The highest BCUT2D eigenvalue weighted by molar-refractivity contribution is 7.80. The fourth-order valence-electron chi connectivity index (χ4n) is 6.51. The summed E-state index contributed by atoms with van der Waals surface area (Å²) < 4.78 is 28.9. The van der Waals surface area contributed by atoms with Gasteiger partial charge < -0.3 is 46.0 Å². The van der Waals surface area contributed by atoms with Gasteiger partial charge >= 0.3 is 37.2 Å². The number of rotatable bonds is 27. The average molecular weight is 875 g/mol. The van der Waals surface area contributed by atoms with E-state index in [1.807, 2.05) is 19.9 Å². The van der Waals surface area contributed by atoms with Crippen molar-refractivity contribution in [2.24, 2.45) is 4.99 Å². The number of amides is 1. The quantitative estimate of drug-likeness (QED) is 0.0357. The summed E-state index contributed by atoms with van der Waals surface area (Å²) in [7, 11) is -2.81. The summed E-state index contributed by atoms with van der Waals surface area (Å²) in [5.41, 5.74) is 3.99. The van der Waals surface area contributed by atoms with Crippen LogP contribution >= 0.6 is 12.2 Å². The summed E-state index contributed by atoms with van der Waals surface area (Å²) in [6.07, 6.45) is 3.57. The highest BCUT2D eigenvalue weighted by Gasteiger charge is 2.28. The lowest BCUT2D eigenvalue weighted by Gasteiger charge is -2.34. The van der Waals surface area contributed by atoms with Crippen LogP contribution in [0.15, 0.2) is 58.7 Å². The van der Waals surface area contributed by atoms with E-state index < -0.39 is 76.0 Å². The molecule has 19 nitrogen and oxygen atoms in total. The molecule has 0 saturated heterocycles. The Hall–Kier alpha value is -6.04. The number of hydrogen-bond acceptors (Lipinski definition) is 11. The van der Waals surface area contributed by atoms with Crippen molar-refractivity contribution in [1.29, 1.82) is 0 Å². The second-order valence-corrected chi connectivity index (χ2v) is 14.5. The Labute approximate surface area is 355 Å². The van der Waals surface area contributed by atoms with E-state index in [9.17, 15) is 62.9 Å². The Balaban J connectivity index is 1.57. The van der Waals surface area contributed by atoms with Crippen LogP contribution in [0.2, 0.25) is 0 Å². The van der Waals surface area contributed by atoms with Crippen molar-refractivity contribution in [3.8, 4) is 0 Å². The lowest BCUT2D eigenvalue weighted by Crippen LogP contribution is -2.51. The van der Waals surface area contributed by atoms with Crippen LogP contribution < -0.4 is 16.0 Å². The maximum Gasteiger partial charge on any atom is 0.677 e. The zero-order valence-corrected chi connectivity index (χ0v) is 34.4. The van der Waals surface area contributed by atoms with Crippen LogP contribution in [-0.2, 0) is 41.6 Å². The monoisotopic (exact) mass is 874 g/mol. The van der Waals surface area contributed by atoms with Crippen molar-refractivity contribution in [1.82, 2.24) is 29.8 Å². The van der Waals surface area contributed by atoms with Crippen LogP contribution in [0.25, 0.3) is 6.08 Å². The number of hydrogen-bond donors (Lipinski definition) is 8. The number of carbonyl (C=O) groups is 6. The molecule has 1 aliphatic heterocycles. The highest BCUT2D eigenvalue weighted by atomic mass is 32.1. The minimum absolute atomic E-state index is 0.0288. The van der Waals surface area contributed by atoms with Gasteiger partial charge in [-0.15, -0.1) is 0 Å². The number of aliphatic imine (C=N–C) groups is 1. The van der Waals surface area contributed by atoms with Crippen LogP contribution in [0.5, 0.6) is 0 Å². The zero-order chi connectivity index (χ0) is 45.2. The minimum atomic E-state index is -2.81. The van der Waals surface area contributed by atoms with Crippen molar-refractivity contribution >= 4 is 78.0 Å². The van der Waals surface area contributed by atoms with E-state index in [2.05, 4.69) is 20.9 Å². The molecule has 1 atom stereocenters. The molecule has 0 radical (unpaired) electrons. The van der Waals surface area contributed by atoms with E-state index in [0.717, 1.165) is 25.6 Å². The molecule has 0 aliphatic carbocycles. The number of aliphatic carboxylic acids is 5. The Bertz CT molecular complexity index is 1980. The van der Waals surface area contributed by atoms with Crippen LogP contribution in [0, 0.1) is 0 Å². The molecule has 2 heterocycles. The average Bonchev–Trinajstić information content (AvgIpc) is 3.70. The summed E-state index contributed by atoms with van der Waals surface area (Å²) in [4.78, 5) is 78.3.